The van der Waals surface area contributed by atoms with Gasteiger partial charge in [0.1, 0.15) is 66.6 Å². The van der Waals surface area contributed by atoms with Crippen LogP contribution >= 0.6 is 22.9 Å². The number of ketones is 1. The summed E-state index contributed by atoms with van der Waals surface area (Å²) in [5.41, 5.74) is 10.6. The van der Waals surface area contributed by atoms with Gasteiger partial charge in [0.05, 0.1) is 32.6 Å². The largest absolute Gasteiger partial charge is 0.484 e. The summed E-state index contributed by atoms with van der Waals surface area (Å²) in [5, 5.41) is 50.2. The van der Waals surface area contributed by atoms with Gasteiger partial charge in [-0.2, -0.15) is 0 Å². The maximum Gasteiger partial charge on any atom is 0.246 e. The lowest BCUT2D eigenvalue weighted by molar-refractivity contribution is -0.144. The van der Waals surface area contributed by atoms with E-state index in [0.717, 1.165) is 21.7 Å². The molecule has 8 N–H and O–H groups in total. The predicted molar refractivity (Wildman–Crippen MR) is 254 cm³/mol. The van der Waals surface area contributed by atoms with Crippen LogP contribution in [0.25, 0.3) is 21.5 Å². The van der Waals surface area contributed by atoms with Gasteiger partial charge in [-0.05, 0) is 60.1 Å². The molecule has 3 amide bonds. The molecule has 2 saturated heterocycles. The molecule has 0 bridgehead atoms. The van der Waals surface area contributed by atoms with Crippen LogP contribution in [-0.4, -0.2) is 118 Å². The molecule has 0 saturated carbocycles. The maximum atomic E-state index is 14.0. The first-order chi connectivity index (χ1) is 32.4. The monoisotopic (exact) mass is 974 g/mol. The molecular weight excluding hydrogens is 916 g/mol. The minimum Gasteiger partial charge on any atom is -0.484 e. The number of nitrogens with two attached hydrogens (primary N) is 1. The molecule has 68 heavy (non-hydrogen) atoms. The summed E-state index contributed by atoms with van der Waals surface area (Å²) in [4.78, 5) is 68.4. The molecule has 0 unspecified atom stereocenters. The number of anilines is 1. The van der Waals surface area contributed by atoms with Crippen molar-refractivity contribution in [2.45, 2.75) is 128 Å². The smallest absolute Gasteiger partial charge is 0.246 e. The number of nitrogens with zero attached hydrogens (tertiary/aromatic N) is 5. The Morgan fingerprint density at radius 3 is 2.43 bits per heavy atom. The molecule has 2 aromatic carbocycles. The van der Waals surface area contributed by atoms with E-state index in [2.05, 4.69) is 25.6 Å². The number of nitrogen functional groups attached to an aromatic ring is 1. The Kier molecular flexibility index (Phi) is 16.2. The number of nitrogens with one attached hydrogen (secondary N) is 2. The lowest BCUT2D eigenvalue weighted by atomic mass is 9.85. The number of aryl methyl sites for hydroxylation is 1. The fourth-order valence-corrected chi connectivity index (χ4v) is 9.57. The number of β-amino-alcohol motifs (C(OH)–C–C–N with tert-alkyl or cyclic N) is 1. The predicted octanol–water partition coefficient (Wildman–Crippen LogP) is 4.55. The highest BCUT2D eigenvalue weighted by atomic mass is 35.5. The van der Waals surface area contributed by atoms with Crippen molar-refractivity contribution in [2.75, 3.05) is 18.9 Å². The summed E-state index contributed by atoms with van der Waals surface area (Å²) in [7, 11) is 0. The molecule has 18 nitrogen and oxygen atoms in total. The third-order valence-corrected chi connectivity index (χ3v) is 13.7. The second-order valence-electron chi connectivity index (χ2n) is 18.5. The quantitative estimate of drug-likeness (QED) is 0.0561. The van der Waals surface area contributed by atoms with Gasteiger partial charge in [0, 0.05) is 38.5 Å². The third kappa shape index (κ3) is 11.6. The zero-order chi connectivity index (χ0) is 48.9. The van der Waals surface area contributed by atoms with E-state index in [-0.39, 0.29) is 78.7 Å². The number of hydrogen-bond acceptors (Lipinski definition) is 15. The van der Waals surface area contributed by atoms with Gasteiger partial charge in [-0.25, -0.2) is 15.0 Å². The van der Waals surface area contributed by atoms with Gasteiger partial charge in [0.2, 0.25) is 17.7 Å². The van der Waals surface area contributed by atoms with Gasteiger partial charge >= 0.3 is 0 Å². The number of aromatic nitrogens is 4. The number of amides is 3. The number of benzene rings is 2. The molecule has 5 heterocycles. The fraction of sp³-hybridized carbons (Fsp3) is 0.479. The number of unbranched alkanes of at least 4 members (excludes halogenated alkanes) is 3. The van der Waals surface area contributed by atoms with Crippen LogP contribution < -0.4 is 21.1 Å². The van der Waals surface area contributed by atoms with Crippen LogP contribution in [0.3, 0.4) is 0 Å². The average molecular weight is 976 g/mol. The normalized spacial score (nSPS) is 21.5. The van der Waals surface area contributed by atoms with Crippen molar-refractivity contribution in [3.05, 3.63) is 88.4 Å². The van der Waals surface area contributed by atoms with Crippen molar-refractivity contribution in [1.29, 1.82) is 0 Å². The van der Waals surface area contributed by atoms with Crippen molar-refractivity contribution in [2.24, 2.45) is 5.41 Å². The Bertz CT molecular complexity index is 2580. The highest BCUT2D eigenvalue weighted by Crippen LogP contribution is 2.39. The maximum absolute atomic E-state index is 14.0. The van der Waals surface area contributed by atoms with Gasteiger partial charge in [0.15, 0.2) is 12.0 Å². The third-order valence-electron chi connectivity index (χ3n) is 12.4. The Morgan fingerprint density at radius 2 is 1.72 bits per heavy atom. The van der Waals surface area contributed by atoms with E-state index in [4.69, 9.17) is 26.8 Å². The van der Waals surface area contributed by atoms with Crippen molar-refractivity contribution in [1.82, 2.24) is 35.1 Å². The van der Waals surface area contributed by atoms with Crippen LogP contribution in [0.2, 0.25) is 5.02 Å². The molecule has 8 atom stereocenters. The molecule has 364 valence electrons. The van der Waals surface area contributed by atoms with Gasteiger partial charge < -0.3 is 55.7 Å². The SMILES string of the molecule is Cc1ncsc1-c1ccc(CNC(=O)[C@H]2C[C@H](O)CN2C(=O)[C@H](NC(=O)CCCCCCC(=O)COc2cc([C@@H](O)[C@H]3O[C@@H](n4ccc5c(N)ncnc54)[C@H](O)[C@@H]3O)ccc2Cl)C(C)(C)C)cc1. The van der Waals surface area contributed by atoms with Crippen molar-refractivity contribution >= 4 is 63.3 Å². The number of ether oxygens (including phenoxy) is 2. The van der Waals surface area contributed by atoms with Crippen LogP contribution in [0.5, 0.6) is 5.75 Å². The molecule has 2 aliphatic rings. The molecule has 2 aliphatic heterocycles. The molecule has 0 radical (unpaired) electrons. The van der Waals surface area contributed by atoms with Crippen molar-refractivity contribution in [3.8, 4) is 16.2 Å². The lowest BCUT2D eigenvalue weighted by Crippen LogP contribution is -2.57. The molecule has 0 aliphatic carbocycles. The van der Waals surface area contributed by atoms with Crippen LogP contribution in [0, 0.1) is 12.3 Å². The first-order valence-electron chi connectivity index (χ1n) is 22.7. The number of likely N-dealkylation sites (tertiary alicyclic amines) is 1. The first kappa shape index (κ1) is 50.3. The molecule has 20 heteroatoms. The summed E-state index contributed by atoms with van der Waals surface area (Å²) < 4.78 is 13.2. The Balaban J connectivity index is 0.827. The molecular formula is C48H59ClN8O10S. The molecule has 2 fully saturated rings. The number of hydrogen-bond donors (Lipinski definition) is 7. The number of halogens is 1. The minimum atomic E-state index is -1.47. The molecule has 0 spiro atoms. The number of carbonyl (C=O) groups excluding carboxylic acids is 4. The zero-order valence-electron chi connectivity index (χ0n) is 38.4. The van der Waals surface area contributed by atoms with E-state index in [1.165, 1.54) is 34.0 Å². The van der Waals surface area contributed by atoms with E-state index in [9.17, 15) is 39.6 Å². The van der Waals surface area contributed by atoms with Crippen LogP contribution in [0.4, 0.5) is 5.82 Å². The van der Waals surface area contributed by atoms with E-state index in [1.54, 1.807) is 29.1 Å². The number of aliphatic hydroxyl groups excluding tert-OH is 4. The Morgan fingerprint density at radius 1 is 0.985 bits per heavy atom. The highest BCUT2D eigenvalue weighted by molar-refractivity contribution is 7.13. The number of aliphatic hydroxyl groups is 4. The van der Waals surface area contributed by atoms with E-state index in [1.807, 2.05) is 52.0 Å². The average Bonchev–Trinajstić information content (AvgIpc) is 4.11. The van der Waals surface area contributed by atoms with Crippen LogP contribution in [-0.2, 0) is 30.5 Å². The van der Waals surface area contributed by atoms with E-state index in [0.29, 0.717) is 36.7 Å². The number of carbonyl (C=O) groups is 4. The van der Waals surface area contributed by atoms with Crippen molar-refractivity contribution < 1.29 is 49.1 Å². The Labute approximate surface area is 402 Å². The molecule has 5 aromatic rings. The second-order valence-corrected chi connectivity index (χ2v) is 19.8. The minimum absolute atomic E-state index is 0.0244. The Hall–Kier alpha value is -5.54. The summed E-state index contributed by atoms with van der Waals surface area (Å²) in [6.07, 6.45) is -1.79. The van der Waals surface area contributed by atoms with Gasteiger partial charge in [-0.3, -0.25) is 19.2 Å². The number of fused-ring (bicyclic) bond motifs is 1. The summed E-state index contributed by atoms with van der Waals surface area (Å²) in [6.45, 7) is 7.40. The van der Waals surface area contributed by atoms with Gasteiger partial charge in [-0.15, -0.1) is 11.3 Å². The van der Waals surface area contributed by atoms with Crippen LogP contribution in [0.15, 0.2) is 66.6 Å². The molecule has 7 rings (SSSR count). The molecule has 3 aromatic heterocycles. The van der Waals surface area contributed by atoms with Crippen molar-refractivity contribution in [3.63, 3.8) is 0 Å². The zero-order valence-corrected chi connectivity index (χ0v) is 40.0. The fourth-order valence-electron chi connectivity index (χ4n) is 8.58. The standard InChI is InChI=1S/C48H59ClN8O10S/c1-26-41(68-25-54-26)28-13-11-27(12-14-28)21-51-45(64)34-20-31(59)22-57(34)46(65)42(48(2,3)4)55-36(60)10-8-6-5-7-9-30(58)23-66-35-19-29(15-16-33(35)49)37(61)40-38(62)39(63)47(67-40)56-18-17-32-43(50)52-24-53-44(32)56/h11-19,24-25,31,34,37-40,42,47,59,61-63H,5-10,20-23H2,1-4H3,(H,51,64)(H,55,60)(H2,50,52,53)/t31-,34+,37+,38-,39+,40+,42-,47+/m0/s1. The summed E-state index contributed by atoms with van der Waals surface area (Å²) >= 11 is 7.94. The summed E-state index contributed by atoms with van der Waals surface area (Å²) in [6, 6.07) is 12.1. The lowest BCUT2D eigenvalue weighted by Gasteiger charge is -2.35. The van der Waals surface area contributed by atoms with Gasteiger partial charge in [0.25, 0.3) is 0 Å². The van der Waals surface area contributed by atoms with Gasteiger partial charge in [-0.1, -0.05) is 75.5 Å². The highest BCUT2D eigenvalue weighted by Gasteiger charge is 2.48. The number of Topliss-reactive ketones (excluding diaryl/α,β-unsaturated/α-hetero) is 1. The number of rotatable bonds is 19. The van der Waals surface area contributed by atoms with E-state index < -0.39 is 60.2 Å². The van der Waals surface area contributed by atoms with Crippen LogP contribution in [0.1, 0.15) is 94.9 Å². The first-order valence-corrected chi connectivity index (χ1v) is 23.9. The second kappa shape index (κ2) is 21.8. The van der Waals surface area contributed by atoms with E-state index >= 15 is 0 Å². The topological polar surface area (TPSA) is 265 Å². The number of thiazole rings is 1. The summed E-state index contributed by atoms with van der Waals surface area (Å²) in [5.74, 6) is -0.933.